The van der Waals surface area contributed by atoms with E-state index in [1.807, 2.05) is 58.9 Å². The Hall–Kier alpha value is -3.85. The van der Waals surface area contributed by atoms with E-state index in [1.54, 1.807) is 43.3 Å². The minimum atomic E-state index is -4.14. The number of hydrogen-bond donors (Lipinski definition) is 1. The third-order valence-electron chi connectivity index (χ3n) is 6.97. The molecule has 0 aliphatic carbocycles. The Morgan fingerprint density at radius 1 is 0.854 bits per heavy atom. The largest absolute Gasteiger partial charge is 0.494 e. The van der Waals surface area contributed by atoms with E-state index in [9.17, 15) is 18.0 Å². The van der Waals surface area contributed by atoms with Crippen LogP contribution in [0.1, 0.15) is 50.8 Å². The van der Waals surface area contributed by atoms with Gasteiger partial charge in [0.2, 0.25) is 11.8 Å². The summed E-state index contributed by atoms with van der Waals surface area (Å²) in [5.41, 5.74) is 3.21. The molecule has 220 valence electrons. The second-order valence-corrected chi connectivity index (χ2v) is 12.1. The normalized spacial score (nSPS) is 12.7. The lowest BCUT2D eigenvalue weighted by atomic mass is 10.1. The number of carbonyl (C=O) groups is 2. The van der Waals surface area contributed by atoms with Gasteiger partial charge >= 0.3 is 0 Å². The van der Waals surface area contributed by atoms with Crippen LogP contribution in [0.15, 0.2) is 77.7 Å². The Morgan fingerprint density at radius 2 is 1.41 bits per heavy atom. The van der Waals surface area contributed by atoms with Gasteiger partial charge in [0.15, 0.2) is 0 Å². The zero-order valence-electron chi connectivity index (χ0n) is 24.8. The molecular formula is C32H41N3O5S. The van der Waals surface area contributed by atoms with Crippen molar-refractivity contribution >= 4 is 27.5 Å². The summed E-state index contributed by atoms with van der Waals surface area (Å²) in [4.78, 5) is 28.6. The first kappa shape index (κ1) is 31.7. The predicted molar refractivity (Wildman–Crippen MR) is 162 cm³/mol. The third kappa shape index (κ3) is 8.33. The van der Waals surface area contributed by atoms with Crippen LogP contribution in [0.3, 0.4) is 0 Å². The van der Waals surface area contributed by atoms with Crippen LogP contribution in [0.25, 0.3) is 0 Å². The first-order valence-corrected chi connectivity index (χ1v) is 15.4. The highest BCUT2D eigenvalue weighted by Gasteiger charge is 2.32. The lowest BCUT2D eigenvalue weighted by Crippen LogP contribution is -2.52. The van der Waals surface area contributed by atoms with Crippen molar-refractivity contribution in [3.8, 4) is 5.75 Å². The van der Waals surface area contributed by atoms with E-state index in [0.717, 1.165) is 27.4 Å². The molecule has 0 fully saturated rings. The molecule has 3 rings (SSSR count). The third-order valence-corrected chi connectivity index (χ3v) is 8.75. The fourth-order valence-corrected chi connectivity index (χ4v) is 5.59. The van der Waals surface area contributed by atoms with E-state index in [-0.39, 0.29) is 23.4 Å². The van der Waals surface area contributed by atoms with Gasteiger partial charge in [-0.25, -0.2) is 8.42 Å². The van der Waals surface area contributed by atoms with Gasteiger partial charge in [-0.2, -0.15) is 0 Å². The molecule has 0 spiro atoms. The number of sulfonamides is 1. The molecule has 0 aliphatic heterocycles. The lowest BCUT2D eigenvalue weighted by Gasteiger charge is -2.32. The SMILES string of the molecule is CCOc1ccc(S(=O)(=O)N(CC(=O)N(Cc2ccc(C)cc2)[C@H](C)C(=O)N[C@H](C)CC)c2ccc(C)cc2)cc1. The number of ether oxygens (including phenoxy) is 1. The van der Waals surface area contributed by atoms with Gasteiger partial charge in [0.1, 0.15) is 18.3 Å². The number of rotatable bonds is 13. The molecule has 0 unspecified atom stereocenters. The maximum atomic E-state index is 14.0. The molecule has 0 saturated heterocycles. The number of nitrogens with zero attached hydrogens (tertiary/aromatic N) is 2. The topological polar surface area (TPSA) is 96.0 Å². The second-order valence-electron chi connectivity index (χ2n) is 10.3. The summed E-state index contributed by atoms with van der Waals surface area (Å²) in [5, 5.41) is 2.95. The summed E-state index contributed by atoms with van der Waals surface area (Å²) in [7, 11) is -4.14. The van der Waals surface area contributed by atoms with Crippen molar-refractivity contribution in [2.24, 2.45) is 0 Å². The molecule has 0 aliphatic rings. The first-order valence-electron chi connectivity index (χ1n) is 13.9. The Balaban J connectivity index is 2.01. The van der Waals surface area contributed by atoms with Gasteiger partial charge < -0.3 is 15.0 Å². The zero-order chi connectivity index (χ0) is 30.2. The van der Waals surface area contributed by atoms with E-state index in [0.29, 0.717) is 18.0 Å². The fraction of sp³-hybridized carbons (Fsp3) is 0.375. The molecule has 8 nitrogen and oxygen atoms in total. The summed E-state index contributed by atoms with van der Waals surface area (Å²) in [6.45, 7) is 11.4. The average molecular weight is 580 g/mol. The Morgan fingerprint density at radius 3 is 1.95 bits per heavy atom. The van der Waals surface area contributed by atoms with E-state index < -0.39 is 28.5 Å². The number of hydrogen-bond acceptors (Lipinski definition) is 5. The summed E-state index contributed by atoms with van der Waals surface area (Å²) >= 11 is 0. The predicted octanol–water partition coefficient (Wildman–Crippen LogP) is 5.23. The summed E-state index contributed by atoms with van der Waals surface area (Å²) in [6.07, 6.45) is 0.742. The maximum Gasteiger partial charge on any atom is 0.264 e. The number of amides is 2. The van der Waals surface area contributed by atoms with Crippen LogP contribution < -0.4 is 14.4 Å². The van der Waals surface area contributed by atoms with Gasteiger partial charge in [0.05, 0.1) is 17.2 Å². The minimum Gasteiger partial charge on any atom is -0.494 e. The van der Waals surface area contributed by atoms with Gasteiger partial charge in [-0.15, -0.1) is 0 Å². The zero-order valence-corrected chi connectivity index (χ0v) is 25.6. The van der Waals surface area contributed by atoms with Crippen LogP contribution in [0.4, 0.5) is 5.69 Å². The highest BCUT2D eigenvalue weighted by Crippen LogP contribution is 2.26. The van der Waals surface area contributed by atoms with Crippen molar-refractivity contribution in [1.29, 1.82) is 0 Å². The molecule has 41 heavy (non-hydrogen) atoms. The van der Waals surface area contributed by atoms with E-state index >= 15 is 0 Å². The number of carbonyl (C=O) groups excluding carboxylic acids is 2. The van der Waals surface area contributed by atoms with Crippen LogP contribution in [-0.4, -0.2) is 50.4 Å². The lowest BCUT2D eigenvalue weighted by molar-refractivity contribution is -0.139. The van der Waals surface area contributed by atoms with Gasteiger partial charge in [-0.3, -0.25) is 13.9 Å². The highest BCUT2D eigenvalue weighted by atomic mass is 32.2. The molecular weight excluding hydrogens is 538 g/mol. The van der Waals surface area contributed by atoms with Crippen LogP contribution in [0.2, 0.25) is 0 Å². The Kier molecular flexibility index (Phi) is 10.9. The van der Waals surface area contributed by atoms with Crippen LogP contribution >= 0.6 is 0 Å². The number of nitrogens with one attached hydrogen (secondary N) is 1. The molecule has 0 bridgehead atoms. The second kappa shape index (κ2) is 14.2. The van der Waals surface area contributed by atoms with Gasteiger partial charge in [-0.05, 0) is 83.0 Å². The average Bonchev–Trinajstić information content (AvgIpc) is 2.96. The molecule has 3 aromatic rings. The molecule has 1 N–H and O–H groups in total. The number of anilines is 1. The van der Waals surface area contributed by atoms with Crippen LogP contribution in [-0.2, 0) is 26.2 Å². The molecule has 0 aromatic heterocycles. The molecule has 0 radical (unpaired) electrons. The molecule has 0 saturated carbocycles. The minimum absolute atomic E-state index is 0.0296. The van der Waals surface area contributed by atoms with Gasteiger partial charge in [-0.1, -0.05) is 54.4 Å². The van der Waals surface area contributed by atoms with E-state index in [4.69, 9.17) is 4.74 Å². The monoisotopic (exact) mass is 579 g/mol. The molecule has 2 amide bonds. The summed E-state index contributed by atoms with van der Waals surface area (Å²) < 4.78 is 34.5. The number of benzene rings is 3. The molecule has 2 atom stereocenters. The Bertz CT molecular complexity index is 1410. The van der Waals surface area contributed by atoms with Gasteiger partial charge in [0.25, 0.3) is 10.0 Å². The van der Waals surface area contributed by atoms with Crippen molar-refractivity contribution in [2.75, 3.05) is 17.5 Å². The van der Waals surface area contributed by atoms with Crippen molar-refractivity contribution in [1.82, 2.24) is 10.2 Å². The van der Waals surface area contributed by atoms with Crippen LogP contribution in [0.5, 0.6) is 5.75 Å². The van der Waals surface area contributed by atoms with Crippen molar-refractivity contribution in [3.63, 3.8) is 0 Å². The Labute approximate surface area is 244 Å². The van der Waals surface area contributed by atoms with Crippen molar-refractivity contribution in [2.45, 2.75) is 71.5 Å². The quantitative estimate of drug-likeness (QED) is 0.299. The molecule has 0 heterocycles. The summed E-state index contributed by atoms with van der Waals surface area (Å²) in [5.74, 6) is -0.238. The maximum absolute atomic E-state index is 14.0. The van der Waals surface area contributed by atoms with E-state index in [2.05, 4.69) is 5.32 Å². The van der Waals surface area contributed by atoms with Crippen molar-refractivity contribution < 1.29 is 22.7 Å². The van der Waals surface area contributed by atoms with E-state index in [1.165, 1.54) is 17.0 Å². The number of aryl methyl sites for hydroxylation is 2. The molecule has 3 aromatic carbocycles. The fourth-order valence-electron chi connectivity index (χ4n) is 4.18. The standard InChI is InChI=1S/C32H41N3O5S/c1-7-25(5)33-32(37)26(6)34(21-27-13-9-23(3)10-14-27)31(36)22-35(28-15-11-24(4)12-16-28)41(38,39)30-19-17-29(18-20-30)40-8-2/h9-20,25-26H,7-8,21-22H2,1-6H3,(H,33,37)/t25-,26-/m1/s1. The van der Waals surface area contributed by atoms with Crippen molar-refractivity contribution in [3.05, 3.63) is 89.5 Å². The smallest absolute Gasteiger partial charge is 0.264 e. The highest BCUT2D eigenvalue weighted by molar-refractivity contribution is 7.92. The first-order chi connectivity index (χ1) is 19.5. The molecule has 9 heteroatoms. The van der Waals surface area contributed by atoms with Gasteiger partial charge in [0, 0.05) is 12.6 Å². The summed E-state index contributed by atoms with van der Waals surface area (Å²) in [6, 6.07) is 19.9. The van der Waals surface area contributed by atoms with Crippen LogP contribution in [0, 0.1) is 13.8 Å².